The van der Waals surface area contributed by atoms with E-state index in [1.807, 2.05) is 19.2 Å². The summed E-state index contributed by atoms with van der Waals surface area (Å²) in [6.45, 7) is 3.52. The van der Waals surface area contributed by atoms with Crippen molar-refractivity contribution in [2.75, 3.05) is 33.9 Å². The highest BCUT2D eigenvalue weighted by Gasteiger charge is 2.15. The van der Waals surface area contributed by atoms with Crippen molar-refractivity contribution in [1.82, 2.24) is 10.2 Å². The fraction of sp³-hybridized carbons (Fsp3) is 0.667. The van der Waals surface area contributed by atoms with Crippen LogP contribution >= 0.6 is 0 Å². The summed E-state index contributed by atoms with van der Waals surface area (Å²) in [5, 5.41) is 3.32. The number of furan rings is 1. The van der Waals surface area contributed by atoms with Gasteiger partial charge in [0.25, 0.3) is 0 Å². The van der Waals surface area contributed by atoms with Crippen LogP contribution in [0.25, 0.3) is 0 Å². The van der Waals surface area contributed by atoms with Crippen LogP contribution in [-0.2, 0) is 11.3 Å². The zero-order valence-electron chi connectivity index (χ0n) is 12.5. The van der Waals surface area contributed by atoms with E-state index in [1.165, 1.54) is 19.3 Å². The highest BCUT2D eigenvalue weighted by molar-refractivity contribution is 5.79. The van der Waals surface area contributed by atoms with Crippen LogP contribution in [0.1, 0.15) is 25.0 Å². The van der Waals surface area contributed by atoms with E-state index in [9.17, 15) is 0 Å². The first kappa shape index (κ1) is 14.9. The number of hydrogen-bond acceptors (Lipinski definition) is 3. The third-order valence-electron chi connectivity index (χ3n) is 3.79. The van der Waals surface area contributed by atoms with Gasteiger partial charge in [-0.05, 0) is 37.3 Å². The molecule has 0 radical (unpaired) electrons. The molecule has 2 rings (SSSR count). The molecule has 0 unspecified atom stereocenters. The fourth-order valence-corrected chi connectivity index (χ4v) is 2.48. The van der Waals surface area contributed by atoms with Gasteiger partial charge in [0.2, 0.25) is 0 Å². The Hall–Kier alpha value is -1.49. The molecule has 0 spiro atoms. The Bertz CT molecular complexity index is 397. The lowest BCUT2D eigenvalue weighted by Crippen LogP contribution is -2.39. The minimum Gasteiger partial charge on any atom is -0.467 e. The monoisotopic (exact) mass is 279 g/mol. The van der Waals surface area contributed by atoms with Crippen LogP contribution in [0, 0.1) is 5.92 Å². The maximum Gasteiger partial charge on any atom is 0.193 e. The van der Waals surface area contributed by atoms with Crippen molar-refractivity contribution in [3.8, 4) is 0 Å². The smallest absolute Gasteiger partial charge is 0.193 e. The van der Waals surface area contributed by atoms with E-state index in [1.54, 1.807) is 6.26 Å². The fourth-order valence-electron chi connectivity index (χ4n) is 2.48. The van der Waals surface area contributed by atoms with Gasteiger partial charge >= 0.3 is 0 Å². The SMILES string of the molecule is CN=C(NCc1ccco1)N(C)CCC1CCOCC1. The molecule has 5 nitrogen and oxygen atoms in total. The summed E-state index contributed by atoms with van der Waals surface area (Å²) in [5.41, 5.74) is 0. The summed E-state index contributed by atoms with van der Waals surface area (Å²) in [6, 6.07) is 3.86. The minimum absolute atomic E-state index is 0.668. The molecule has 5 heteroatoms. The normalized spacial score (nSPS) is 17.2. The summed E-state index contributed by atoms with van der Waals surface area (Å²) < 4.78 is 10.7. The molecule has 1 saturated heterocycles. The van der Waals surface area contributed by atoms with Gasteiger partial charge in [-0.25, -0.2) is 0 Å². The zero-order chi connectivity index (χ0) is 14.2. The lowest BCUT2D eigenvalue weighted by molar-refractivity contribution is 0.0625. The molecule has 1 N–H and O–H groups in total. The molecule has 1 aliphatic rings. The maximum absolute atomic E-state index is 5.39. The first-order valence-corrected chi connectivity index (χ1v) is 7.31. The van der Waals surface area contributed by atoms with E-state index in [2.05, 4.69) is 22.3 Å². The van der Waals surface area contributed by atoms with Crippen molar-refractivity contribution in [2.45, 2.75) is 25.8 Å². The van der Waals surface area contributed by atoms with Gasteiger partial charge in [-0.1, -0.05) is 0 Å². The molecule has 1 fully saturated rings. The van der Waals surface area contributed by atoms with Crippen molar-refractivity contribution in [2.24, 2.45) is 10.9 Å². The molecule has 0 amide bonds. The van der Waals surface area contributed by atoms with Crippen LogP contribution in [0.15, 0.2) is 27.8 Å². The van der Waals surface area contributed by atoms with Gasteiger partial charge in [-0.15, -0.1) is 0 Å². The zero-order valence-corrected chi connectivity index (χ0v) is 12.5. The first-order valence-electron chi connectivity index (χ1n) is 7.31. The number of nitrogens with one attached hydrogen (secondary N) is 1. The molecular weight excluding hydrogens is 254 g/mol. The van der Waals surface area contributed by atoms with E-state index in [0.29, 0.717) is 6.54 Å². The third kappa shape index (κ3) is 4.56. The van der Waals surface area contributed by atoms with Crippen LogP contribution < -0.4 is 5.32 Å². The Morgan fingerprint density at radius 2 is 2.25 bits per heavy atom. The van der Waals surface area contributed by atoms with Gasteiger partial charge in [0.1, 0.15) is 5.76 Å². The molecule has 0 saturated carbocycles. The van der Waals surface area contributed by atoms with Crippen LogP contribution in [-0.4, -0.2) is 44.7 Å². The second kappa shape index (κ2) is 7.94. The van der Waals surface area contributed by atoms with E-state index in [4.69, 9.17) is 9.15 Å². The Morgan fingerprint density at radius 1 is 1.45 bits per heavy atom. The summed E-state index contributed by atoms with van der Waals surface area (Å²) in [5.74, 6) is 2.62. The molecule has 0 atom stereocenters. The van der Waals surface area contributed by atoms with Gasteiger partial charge < -0.3 is 19.4 Å². The van der Waals surface area contributed by atoms with E-state index in [-0.39, 0.29) is 0 Å². The van der Waals surface area contributed by atoms with Crippen molar-refractivity contribution in [1.29, 1.82) is 0 Å². The minimum atomic E-state index is 0.668. The van der Waals surface area contributed by atoms with Gasteiger partial charge in [-0.2, -0.15) is 0 Å². The van der Waals surface area contributed by atoms with Crippen molar-refractivity contribution in [3.05, 3.63) is 24.2 Å². The molecular formula is C15H25N3O2. The molecule has 0 aliphatic carbocycles. The van der Waals surface area contributed by atoms with Crippen molar-refractivity contribution < 1.29 is 9.15 Å². The maximum atomic E-state index is 5.39. The molecule has 2 heterocycles. The Balaban J connectivity index is 1.72. The average molecular weight is 279 g/mol. The van der Waals surface area contributed by atoms with Crippen LogP contribution in [0.4, 0.5) is 0 Å². The predicted octanol–water partition coefficient (Wildman–Crippen LogP) is 2.10. The number of hydrogen-bond donors (Lipinski definition) is 1. The number of ether oxygens (including phenoxy) is 1. The standard InChI is InChI=1S/C15H25N3O2/c1-16-15(17-12-14-4-3-9-20-14)18(2)8-5-13-6-10-19-11-7-13/h3-4,9,13H,5-8,10-12H2,1-2H3,(H,16,17). The number of nitrogens with zero attached hydrogens (tertiary/aromatic N) is 2. The third-order valence-corrected chi connectivity index (χ3v) is 3.79. The van der Waals surface area contributed by atoms with Crippen molar-refractivity contribution in [3.63, 3.8) is 0 Å². The molecule has 1 aliphatic heterocycles. The molecule has 1 aromatic heterocycles. The predicted molar refractivity (Wildman–Crippen MR) is 79.7 cm³/mol. The number of aliphatic imine (C=N–C) groups is 1. The molecule has 0 bridgehead atoms. The van der Waals surface area contributed by atoms with Crippen LogP contribution in [0.5, 0.6) is 0 Å². The second-order valence-electron chi connectivity index (χ2n) is 5.25. The summed E-state index contributed by atoms with van der Waals surface area (Å²) in [4.78, 5) is 6.50. The van der Waals surface area contributed by atoms with E-state index in [0.717, 1.165) is 37.4 Å². The molecule has 20 heavy (non-hydrogen) atoms. The number of guanidine groups is 1. The quantitative estimate of drug-likeness (QED) is 0.662. The summed E-state index contributed by atoms with van der Waals surface area (Å²) in [7, 11) is 3.90. The van der Waals surface area contributed by atoms with Crippen LogP contribution in [0.2, 0.25) is 0 Å². The molecule has 112 valence electrons. The Morgan fingerprint density at radius 3 is 2.90 bits per heavy atom. The highest BCUT2D eigenvalue weighted by atomic mass is 16.5. The topological polar surface area (TPSA) is 50.0 Å². The number of rotatable bonds is 5. The molecule has 0 aromatic carbocycles. The van der Waals surface area contributed by atoms with Crippen molar-refractivity contribution >= 4 is 5.96 Å². The first-order chi connectivity index (χ1) is 9.79. The highest BCUT2D eigenvalue weighted by Crippen LogP contribution is 2.18. The average Bonchev–Trinajstić information content (AvgIpc) is 3.00. The van der Waals surface area contributed by atoms with Gasteiger partial charge in [0.05, 0.1) is 12.8 Å². The summed E-state index contributed by atoms with van der Waals surface area (Å²) in [6.07, 6.45) is 5.26. The van der Waals surface area contributed by atoms with Gasteiger partial charge in [0.15, 0.2) is 5.96 Å². The van der Waals surface area contributed by atoms with E-state index < -0.39 is 0 Å². The van der Waals surface area contributed by atoms with E-state index >= 15 is 0 Å². The Labute approximate surface area is 121 Å². The van der Waals surface area contributed by atoms with Gasteiger partial charge in [-0.3, -0.25) is 4.99 Å². The largest absolute Gasteiger partial charge is 0.467 e. The molecule has 1 aromatic rings. The van der Waals surface area contributed by atoms with Gasteiger partial charge in [0, 0.05) is 33.9 Å². The Kier molecular flexibility index (Phi) is 5.92. The lowest BCUT2D eigenvalue weighted by Gasteiger charge is -2.26. The van der Waals surface area contributed by atoms with Crippen LogP contribution in [0.3, 0.4) is 0 Å². The summed E-state index contributed by atoms with van der Waals surface area (Å²) >= 11 is 0. The second-order valence-corrected chi connectivity index (χ2v) is 5.25. The lowest BCUT2D eigenvalue weighted by atomic mass is 9.96.